The molecule has 5 aromatic rings. The molecule has 0 aliphatic rings. The molecule has 0 bridgehead atoms. The number of nitrogens with zero attached hydrogens (tertiary/aromatic N) is 5. The van der Waals surface area contributed by atoms with E-state index in [1.54, 1.807) is 22.2 Å². The van der Waals surface area contributed by atoms with Crippen LogP contribution in [0.25, 0.3) is 37.5 Å². The second-order valence-electron chi connectivity index (χ2n) is 5.97. The van der Waals surface area contributed by atoms with E-state index < -0.39 is 0 Å². The number of halogens is 1. The minimum absolute atomic E-state index is 0.596. The Morgan fingerprint density at radius 3 is 2.80 bits per heavy atom. The molecular formula is C18H12ClN5S. The van der Waals surface area contributed by atoms with E-state index in [4.69, 9.17) is 16.6 Å². The summed E-state index contributed by atoms with van der Waals surface area (Å²) >= 11 is 7.90. The highest BCUT2D eigenvalue weighted by molar-refractivity contribution is 7.26. The SMILES string of the molecule is Cc1cc(C)c2c(n1)sc1c2ncn2nc(-c3ccccc3Cl)nc12. The lowest BCUT2D eigenvalue weighted by Gasteiger charge is -1.98. The Morgan fingerprint density at radius 2 is 1.96 bits per heavy atom. The highest BCUT2D eigenvalue weighted by Crippen LogP contribution is 2.36. The van der Waals surface area contributed by atoms with Gasteiger partial charge < -0.3 is 0 Å². The number of hydrogen-bond acceptors (Lipinski definition) is 5. The van der Waals surface area contributed by atoms with Crippen molar-refractivity contribution in [2.75, 3.05) is 0 Å². The summed E-state index contributed by atoms with van der Waals surface area (Å²) in [6.45, 7) is 4.10. The monoisotopic (exact) mass is 365 g/mol. The summed E-state index contributed by atoms with van der Waals surface area (Å²) in [5.74, 6) is 0.596. The van der Waals surface area contributed by atoms with Crippen LogP contribution < -0.4 is 0 Å². The van der Waals surface area contributed by atoms with Gasteiger partial charge in [0.15, 0.2) is 11.5 Å². The highest BCUT2D eigenvalue weighted by atomic mass is 35.5. The van der Waals surface area contributed by atoms with Crippen molar-refractivity contribution in [3.8, 4) is 11.4 Å². The van der Waals surface area contributed by atoms with Gasteiger partial charge in [-0.1, -0.05) is 23.7 Å². The van der Waals surface area contributed by atoms with Crippen LogP contribution in [0.3, 0.4) is 0 Å². The van der Waals surface area contributed by atoms with Crippen LogP contribution in [0.4, 0.5) is 0 Å². The quantitative estimate of drug-likeness (QED) is 0.427. The average Bonchev–Trinajstić information content (AvgIpc) is 3.15. The van der Waals surface area contributed by atoms with Gasteiger partial charge in [-0.15, -0.1) is 16.4 Å². The molecule has 4 heterocycles. The van der Waals surface area contributed by atoms with E-state index in [0.29, 0.717) is 10.8 Å². The van der Waals surface area contributed by atoms with Crippen molar-refractivity contribution in [1.29, 1.82) is 0 Å². The first kappa shape index (κ1) is 14.7. The first-order valence-corrected chi connectivity index (χ1v) is 8.98. The van der Waals surface area contributed by atoms with Gasteiger partial charge in [-0.3, -0.25) is 0 Å². The second-order valence-corrected chi connectivity index (χ2v) is 7.37. The number of fused-ring (bicyclic) bond motifs is 5. The van der Waals surface area contributed by atoms with Crippen LogP contribution in [0.1, 0.15) is 11.3 Å². The standard InChI is InChI=1S/C18H12ClN5S/c1-9-7-10(2)21-18-13(9)14-15(25-18)17-22-16(23-24(17)8-20-14)11-5-3-4-6-12(11)19/h3-8H,1-2H3. The molecule has 0 saturated heterocycles. The Balaban J connectivity index is 1.86. The molecule has 0 saturated carbocycles. The molecule has 0 N–H and O–H groups in total. The van der Waals surface area contributed by atoms with E-state index in [1.807, 2.05) is 31.2 Å². The number of thiophene rings is 1. The highest BCUT2D eigenvalue weighted by Gasteiger charge is 2.17. The zero-order chi connectivity index (χ0) is 17.1. The van der Waals surface area contributed by atoms with Gasteiger partial charge in [0, 0.05) is 16.6 Å². The molecule has 0 radical (unpaired) electrons. The van der Waals surface area contributed by atoms with Crippen molar-refractivity contribution < 1.29 is 0 Å². The maximum absolute atomic E-state index is 6.29. The normalized spacial score (nSPS) is 11.8. The minimum atomic E-state index is 0.596. The van der Waals surface area contributed by atoms with E-state index >= 15 is 0 Å². The average molecular weight is 366 g/mol. The smallest absolute Gasteiger partial charge is 0.183 e. The molecule has 25 heavy (non-hydrogen) atoms. The Labute approximate surface area is 151 Å². The Bertz CT molecular complexity index is 1290. The molecule has 1 aromatic carbocycles. The number of aryl methyl sites for hydroxylation is 2. The Morgan fingerprint density at radius 1 is 1.12 bits per heavy atom. The summed E-state index contributed by atoms with van der Waals surface area (Å²) in [4.78, 5) is 15.0. The molecule has 5 nitrogen and oxygen atoms in total. The predicted molar refractivity (Wildman–Crippen MR) is 101 cm³/mol. The molecule has 0 unspecified atom stereocenters. The Hall–Kier alpha value is -2.57. The number of hydrogen-bond donors (Lipinski definition) is 0. The zero-order valence-electron chi connectivity index (χ0n) is 13.5. The molecule has 4 aromatic heterocycles. The first-order valence-electron chi connectivity index (χ1n) is 7.78. The van der Waals surface area contributed by atoms with Gasteiger partial charge in [-0.2, -0.15) is 0 Å². The fourth-order valence-corrected chi connectivity index (χ4v) is 4.57. The van der Waals surface area contributed by atoms with Crippen molar-refractivity contribution in [1.82, 2.24) is 24.6 Å². The summed E-state index contributed by atoms with van der Waals surface area (Å²) in [5.41, 5.74) is 4.70. The van der Waals surface area contributed by atoms with Crippen molar-refractivity contribution in [2.45, 2.75) is 13.8 Å². The van der Waals surface area contributed by atoms with E-state index in [1.165, 1.54) is 5.56 Å². The summed E-state index contributed by atoms with van der Waals surface area (Å²) in [6.07, 6.45) is 1.70. The molecule has 5 rings (SSSR count). The van der Waals surface area contributed by atoms with Crippen LogP contribution in [0.2, 0.25) is 5.02 Å². The van der Waals surface area contributed by atoms with E-state index in [0.717, 1.165) is 37.3 Å². The van der Waals surface area contributed by atoms with Crippen molar-refractivity contribution in [2.24, 2.45) is 0 Å². The third kappa shape index (κ3) is 2.14. The summed E-state index contributed by atoms with van der Waals surface area (Å²) < 4.78 is 2.70. The molecule has 0 fully saturated rings. The molecule has 0 aliphatic heterocycles. The predicted octanol–water partition coefficient (Wildman–Crippen LogP) is 4.82. The third-order valence-corrected chi connectivity index (χ3v) is 5.61. The van der Waals surface area contributed by atoms with Crippen molar-refractivity contribution in [3.05, 3.63) is 52.9 Å². The number of aromatic nitrogens is 5. The van der Waals surface area contributed by atoms with Gasteiger partial charge in [-0.05, 0) is 37.6 Å². The second kappa shape index (κ2) is 5.21. The molecule has 0 amide bonds. The molecule has 7 heteroatoms. The summed E-state index contributed by atoms with van der Waals surface area (Å²) in [6, 6.07) is 9.66. The molecular weight excluding hydrogens is 354 g/mol. The fourth-order valence-electron chi connectivity index (χ4n) is 3.13. The topological polar surface area (TPSA) is 56.0 Å². The van der Waals surface area contributed by atoms with Crippen LogP contribution >= 0.6 is 22.9 Å². The lowest BCUT2D eigenvalue weighted by atomic mass is 10.1. The molecule has 0 atom stereocenters. The fraction of sp³-hybridized carbons (Fsp3) is 0.111. The largest absolute Gasteiger partial charge is 0.242 e. The van der Waals surface area contributed by atoms with Gasteiger partial charge in [-0.25, -0.2) is 19.5 Å². The zero-order valence-corrected chi connectivity index (χ0v) is 15.1. The van der Waals surface area contributed by atoms with E-state index in [9.17, 15) is 0 Å². The minimum Gasteiger partial charge on any atom is -0.242 e. The summed E-state index contributed by atoms with van der Waals surface area (Å²) in [5, 5.41) is 6.27. The maximum atomic E-state index is 6.29. The van der Waals surface area contributed by atoms with Crippen molar-refractivity contribution >= 4 is 49.0 Å². The maximum Gasteiger partial charge on any atom is 0.183 e. The molecule has 0 aliphatic carbocycles. The lowest BCUT2D eigenvalue weighted by Crippen LogP contribution is -1.90. The van der Waals surface area contributed by atoms with Crippen LogP contribution in [0.5, 0.6) is 0 Å². The molecule has 122 valence electrons. The number of benzene rings is 1. The number of pyridine rings is 1. The van der Waals surface area contributed by atoms with Gasteiger partial charge in [0.25, 0.3) is 0 Å². The van der Waals surface area contributed by atoms with Gasteiger partial charge in [0.05, 0.1) is 10.5 Å². The van der Waals surface area contributed by atoms with Crippen LogP contribution in [0, 0.1) is 13.8 Å². The van der Waals surface area contributed by atoms with E-state index in [2.05, 4.69) is 28.1 Å². The first-order chi connectivity index (χ1) is 12.1. The number of rotatable bonds is 1. The van der Waals surface area contributed by atoms with Gasteiger partial charge in [0.2, 0.25) is 0 Å². The lowest BCUT2D eigenvalue weighted by molar-refractivity contribution is 0.940. The van der Waals surface area contributed by atoms with Crippen LogP contribution in [-0.2, 0) is 0 Å². The third-order valence-electron chi connectivity index (χ3n) is 4.21. The van der Waals surface area contributed by atoms with Crippen LogP contribution in [-0.4, -0.2) is 24.6 Å². The summed E-state index contributed by atoms with van der Waals surface area (Å²) in [7, 11) is 0. The van der Waals surface area contributed by atoms with Gasteiger partial charge in [0.1, 0.15) is 15.9 Å². The van der Waals surface area contributed by atoms with E-state index in [-0.39, 0.29) is 0 Å². The van der Waals surface area contributed by atoms with Crippen LogP contribution in [0.15, 0.2) is 36.7 Å². The molecule has 0 spiro atoms. The van der Waals surface area contributed by atoms with Crippen molar-refractivity contribution in [3.63, 3.8) is 0 Å². The Kier molecular flexibility index (Phi) is 3.07. The van der Waals surface area contributed by atoms with Gasteiger partial charge >= 0.3 is 0 Å².